The zero-order valence-corrected chi connectivity index (χ0v) is 13.0. The molecule has 4 aliphatic heterocycles. The van der Waals surface area contributed by atoms with Crippen molar-refractivity contribution in [3.63, 3.8) is 0 Å². The van der Waals surface area contributed by atoms with E-state index in [9.17, 15) is 0 Å². The van der Waals surface area contributed by atoms with Crippen LogP contribution in [0.4, 0.5) is 0 Å². The summed E-state index contributed by atoms with van der Waals surface area (Å²) < 4.78 is 5.72. The lowest BCUT2D eigenvalue weighted by Gasteiger charge is -2.52. The van der Waals surface area contributed by atoms with Crippen LogP contribution in [0, 0.1) is 17.8 Å². The molecule has 0 radical (unpaired) electrons. The van der Waals surface area contributed by atoms with Crippen molar-refractivity contribution in [1.82, 2.24) is 4.90 Å². The molecule has 1 unspecified atom stereocenters. The van der Waals surface area contributed by atoms with E-state index < -0.39 is 0 Å². The van der Waals surface area contributed by atoms with Gasteiger partial charge in [-0.1, -0.05) is 11.0 Å². The molecule has 0 aliphatic carbocycles. The summed E-state index contributed by atoms with van der Waals surface area (Å²) in [5.41, 5.74) is 0.937. The zero-order valence-electron chi connectivity index (χ0n) is 13.0. The largest absolute Gasteiger partial charge is 0.471 e. The Bertz CT molecular complexity index is 628. The van der Waals surface area contributed by atoms with Crippen molar-refractivity contribution in [1.29, 1.82) is 0 Å². The minimum atomic E-state index is 0.524. The van der Waals surface area contributed by atoms with Crippen molar-refractivity contribution in [2.75, 3.05) is 19.6 Å². The summed E-state index contributed by atoms with van der Waals surface area (Å²) in [5, 5.41) is 4.83. The molecular weight excluding hydrogens is 274 g/mol. The smallest absolute Gasteiger partial charge is 0.170 e. The van der Waals surface area contributed by atoms with E-state index in [-0.39, 0.29) is 0 Å². The molecule has 3 atom stereocenters. The van der Waals surface area contributed by atoms with Gasteiger partial charge in [-0.2, -0.15) is 4.59 Å². The van der Waals surface area contributed by atoms with Crippen LogP contribution in [0.5, 0.6) is 0 Å². The number of piperidine rings is 3. The monoisotopic (exact) mass is 296 g/mol. The number of allylic oxidation sites excluding steroid dienone is 1. The van der Waals surface area contributed by atoms with Gasteiger partial charge in [0.15, 0.2) is 6.54 Å². The van der Waals surface area contributed by atoms with E-state index in [4.69, 9.17) is 9.52 Å². The van der Waals surface area contributed by atoms with E-state index in [0.717, 1.165) is 18.0 Å². The fraction of sp³-hybridized carbons (Fsp3) is 0.500. The predicted octanol–water partition coefficient (Wildman–Crippen LogP) is 2.44. The highest BCUT2D eigenvalue weighted by Gasteiger charge is 2.52. The maximum atomic E-state index is 5.08. The van der Waals surface area contributed by atoms with E-state index >= 15 is 0 Å². The first-order valence-electron chi connectivity index (χ1n) is 8.14. The first-order valence-corrected chi connectivity index (χ1v) is 8.14. The third kappa shape index (κ3) is 2.22. The van der Waals surface area contributed by atoms with E-state index in [1.54, 1.807) is 12.5 Å². The average Bonchev–Trinajstić information content (AvgIpc) is 3.21. The number of hydrogen-bond acceptors (Lipinski definition) is 3. The second kappa shape index (κ2) is 5.42. The van der Waals surface area contributed by atoms with Crippen LogP contribution in [-0.2, 0) is 0 Å². The summed E-state index contributed by atoms with van der Waals surface area (Å²) >= 11 is 0. The van der Waals surface area contributed by atoms with Gasteiger partial charge >= 0.3 is 0 Å². The first-order chi connectivity index (χ1) is 10.8. The summed E-state index contributed by atoms with van der Waals surface area (Å²) in [6.45, 7) is 5.59. The van der Waals surface area contributed by atoms with E-state index in [1.165, 1.54) is 25.9 Å². The van der Waals surface area contributed by atoms with Crippen molar-refractivity contribution in [2.45, 2.75) is 31.8 Å². The molecule has 0 N–H and O–H groups in total. The molecule has 5 heterocycles. The van der Waals surface area contributed by atoms with Crippen molar-refractivity contribution in [3.05, 3.63) is 36.4 Å². The summed E-state index contributed by atoms with van der Waals surface area (Å²) in [6, 6.07) is 3.00. The third-order valence-corrected chi connectivity index (χ3v) is 5.44. The van der Waals surface area contributed by atoms with Gasteiger partial charge in [0.05, 0.1) is 24.1 Å². The maximum Gasteiger partial charge on any atom is 0.170 e. The lowest BCUT2D eigenvalue weighted by atomic mass is 9.78. The van der Waals surface area contributed by atoms with Crippen LogP contribution in [0.3, 0.4) is 0 Å². The molecule has 0 spiro atoms. The average molecular weight is 296 g/mol. The molecule has 5 rings (SSSR count). The molecule has 0 amide bonds. The zero-order chi connectivity index (χ0) is 15.0. The third-order valence-electron chi connectivity index (χ3n) is 5.44. The highest BCUT2D eigenvalue weighted by molar-refractivity contribution is 5.71. The van der Waals surface area contributed by atoms with Gasteiger partial charge in [0.2, 0.25) is 0 Å². The van der Waals surface area contributed by atoms with Crippen LogP contribution in [-0.4, -0.2) is 47.4 Å². The fourth-order valence-corrected chi connectivity index (χ4v) is 4.38. The lowest BCUT2D eigenvalue weighted by Crippen LogP contribution is -2.66. The second-order valence-electron chi connectivity index (χ2n) is 6.57. The van der Waals surface area contributed by atoms with Gasteiger partial charge in [-0.15, -0.1) is 0 Å². The highest BCUT2D eigenvalue weighted by atomic mass is 16.3. The molecule has 4 aliphatic rings. The van der Waals surface area contributed by atoms with Gasteiger partial charge in [0.1, 0.15) is 18.5 Å². The standard InChI is InChI=1S/C18H22N3O/c1-15-18(17-5-9-20(15)10-6-17)21(12-3-8-19-21)11-2-4-16-7-13-22-14-16/h3,7-8,12-15,17-18H,5-6,9-11H2,1H3/q+1/t15-,18-,21?/m0/s1. The van der Waals surface area contributed by atoms with Crippen molar-refractivity contribution < 1.29 is 9.01 Å². The van der Waals surface area contributed by atoms with Gasteiger partial charge in [0.25, 0.3) is 0 Å². The molecule has 0 aromatic carbocycles. The molecule has 1 aromatic heterocycles. The van der Waals surface area contributed by atoms with Gasteiger partial charge in [-0.3, -0.25) is 4.90 Å². The number of nitrogens with zero attached hydrogens (tertiary/aromatic N) is 3. The number of furan rings is 1. The Hall–Kier alpha value is -1.83. The maximum absolute atomic E-state index is 5.08. The molecule has 4 nitrogen and oxygen atoms in total. The van der Waals surface area contributed by atoms with Crippen molar-refractivity contribution in [2.24, 2.45) is 11.0 Å². The molecule has 3 saturated heterocycles. The molecule has 114 valence electrons. The second-order valence-corrected chi connectivity index (χ2v) is 6.57. The molecule has 22 heavy (non-hydrogen) atoms. The SMILES string of the molecule is C[C@H]1[C@H]([N+]2(CC#Cc3ccoc3)C=CC=N2)C2CCN1CC2. The van der Waals surface area contributed by atoms with Gasteiger partial charge in [-0.05, 0) is 44.8 Å². The van der Waals surface area contributed by atoms with Crippen LogP contribution in [0.1, 0.15) is 25.3 Å². The Morgan fingerprint density at radius 3 is 2.91 bits per heavy atom. The van der Waals surface area contributed by atoms with E-state index in [2.05, 4.69) is 35.9 Å². The van der Waals surface area contributed by atoms with Gasteiger partial charge in [-0.25, -0.2) is 0 Å². The van der Waals surface area contributed by atoms with Crippen LogP contribution in [0.25, 0.3) is 0 Å². The first kappa shape index (κ1) is 13.8. The van der Waals surface area contributed by atoms with Gasteiger partial charge in [0, 0.05) is 12.0 Å². The number of quaternary nitrogens is 1. The Morgan fingerprint density at radius 1 is 1.41 bits per heavy atom. The quantitative estimate of drug-likeness (QED) is 0.619. The molecule has 0 saturated carbocycles. The topological polar surface area (TPSA) is 28.7 Å². The van der Waals surface area contributed by atoms with Crippen molar-refractivity contribution in [3.8, 4) is 11.8 Å². The normalized spacial score (nSPS) is 39.0. The van der Waals surface area contributed by atoms with Crippen LogP contribution in [0.15, 0.2) is 40.4 Å². The van der Waals surface area contributed by atoms with Crippen LogP contribution >= 0.6 is 0 Å². The predicted molar refractivity (Wildman–Crippen MR) is 85.9 cm³/mol. The lowest BCUT2D eigenvalue weighted by molar-refractivity contribution is -0.910. The summed E-state index contributed by atoms with van der Waals surface area (Å²) in [5.74, 6) is 7.28. The minimum absolute atomic E-state index is 0.524. The minimum Gasteiger partial charge on any atom is -0.471 e. The summed E-state index contributed by atoms with van der Waals surface area (Å²) in [7, 11) is 0. The molecular formula is C18H22N3O+. The fourth-order valence-electron chi connectivity index (χ4n) is 4.38. The number of fused-ring (bicyclic) bond motifs is 3. The van der Waals surface area contributed by atoms with Crippen LogP contribution in [0.2, 0.25) is 0 Å². The number of rotatable bonds is 2. The van der Waals surface area contributed by atoms with Crippen LogP contribution < -0.4 is 0 Å². The Kier molecular flexibility index (Phi) is 3.40. The number of hydrogen-bond donors (Lipinski definition) is 0. The van der Waals surface area contributed by atoms with E-state index in [1.807, 2.05) is 12.3 Å². The molecule has 4 heteroatoms. The molecule has 3 fully saturated rings. The Labute approximate surface area is 131 Å². The van der Waals surface area contributed by atoms with Crippen molar-refractivity contribution >= 4 is 6.21 Å². The van der Waals surface area contributed by atoms with E-state index in [0.29, 0.717) is 16.7 Å². The summed E-state index contributed by atoms with van der Waals surface area (Å²) in [6.07, 6.45) is 12.2. The molecule has 1 aromatic rings. The van der Waals surface area contributed by atoms with Gasteiger partial charge < -0.3 is 4.42 Å². The highest BCUT2D eigenvalue weighted by Crippen LogP contribution is 2.40. The Morgan fingerprint density at radius 2 is 2.27 bits per heavy atom. The Balaban J connectivity index is 1.60. The molecule has 2 bridgehead atoms. The summed E-state index contributed by atoms with van der Waals surface area (Å²) in [4.78, 5) is 2.62.